The van der Waals surface area contributed by atoms with E-state index < -0.39 is 6.16 Å². The van der Waals surface area contributed by atoms with Crippen LogP contribution in [0.1, 0.15) is 5.56 Å². The number of benzene rings is 4. The van der Waals surface area contributed by atoms with Crippen LogP contribution >= 0.6 is 15.9 Å². The van der Waals surface area contributed by atoms with Crippen LogP contribution in [0.3, 0.4) is 0 Å². The highest BCUT2D eigenvalue weighted by molar-refractivity contribution is 9.10. The summed E-state index contributed by atoms with van der Waals surface area (Å²) in [5.74, 6) is 0.518. The maximum Gasteiger partial charge on any atom is 0.513 e. The topological polar surface area (TPSA) is 35.5 Å². The molecule has 0 saturated carbocycles. The molecule has 0 aliphatic rings. The van der Waals surface area contributed by atoms with Crippen molar-refractivity contribution in [3.8, 4) is 16.9 Å². The van der Waals surface area contributed by atoms with Gasteiger partial charge >= 0.3 is 6.16 Å². The standard InChI is InChI=1S/C23H17BrO3/c1-14-11-12-16-13-15-7-3-4-8-17(15)22(27-23(25)26-2)21(16)20(14)18-9-5-6-10-19(18)24/h3-13H,1-2H3. The summed E-state index contributed by atoms with van der Waals surface area (Å²) in [5.41, 5.74) is 3.18. The van der Waals surface area contributed by atoms with Crippen molar-refractivity contribution in [2.75, 3.05) is 7.11 Å². The average molecular weight is 421 g/mol. The van der Waals surface area contributed by atoms with Gasteiger partial charge < -0.3 is 9.47 Å². The fraction of sp³-hybridized carbons (Fsp3) is 0.0870. The maximum absolute atomic E-state index is 12.0. The quantitative estimate of drug-likeness (QED) is 0.201. The van der Waals surface area contributed by atoms with Crippen molar-refractivity contribution in [1.82, 2.24) is 0 Å². The van der Waals surface area contributed by atoms with Crippen molar-refractivity contribution in [3.63, 3.8) is 0 Å². The van der Waals surface area contributed by atoms with Crippen molar-refractivity contribution in [2.45, 2.75) is 6.92 Å². The van der Waals surface area contributed by atoms with E-state index in [1.165, 1.54) is 7.11 Å². The molecule has 134 valence electrons. The van der Waals surface area contributed by atoms with E-state index in [1.807, 2.05) is 42.5 Å². The minimum absolute atomic E-state index is 0.518. The third-order valence-electron chi connectivity index (χ3n) is 4.68. The summed E-state index contributed by atoms with van der Waals surface area (Å²) in [6.07, 6.45) is -0.729. The molecule has 0 aliphatic carbocycles. The molecule has 0 N–H and O–H groups in total. The molecule has 0 bridgehead atoms. The summed E-state index contributed by atoms with van der Waals surface area (Å²) in [5, 5.41) is 3.77. The second-order valence-electron chi connectivity index (χ2n) is 6.32. The van der Waals surface area contributed by atoms with E-state index in [2.05, 4.69) is 47.1 Å². The van der Waals surface area contributed by atoms with Crippen molar-refractivity contribution >= 4 is 43.6 Å². The molecule has 0 radical (unpaired) electrons. The average Bonchev–Trinajstić information content (AvgIpc) is 2.68. The van der Waals surface area contributed by atoms with Crippen molar-refractivity contribution in [2.24, 2.45) is 0 Å². The first-order chi connectivity index (χ1) is 13.1. The van der Waals surface area contributed by atoms with Gasteiger partial charge in [-0.15, -0.1) is 0 Å². The Morgan fingerprint density at radius 3 is 2.44 bits per heavy atom. The minimum atomic E-state index is -0.729. The molecule has 0 amide bonds. The third kappa shape index (κ3) is 3.06. The summed E-state index contributed by atoms with van der Waals surface area (Å²) in [6.45, 7) is 2.06. The Morgan fingerprint density at radius 2 is 1.67 bits per heavy atom. The normalized spacial score (nSPS) is 10.9. The maximum atomic E-state index is 12.0. The molecular weight excluding hydrogens is 404 g/mol. The fourth-order valence-corrected chi connectivity index (χ4v) is 3.94. The number of fused-ring (bicyclic) bond motifs is 2. The van der Waals surface area contributed by atoms with Crippen LogP contribution in [0.5, 0.6) is 5.75 Å². The monoisotopic (exact) mass is 420 g/mol. The number of rotatable bonds is 2. The third-order valence-corrected chi connectivity index (χ3v) is 5.38. The Bertz CT molecular complexity index is 1180. The molecule has 0 spiro atoms. The number of carbonyl (C=O) groups is 1. The lowest BCUT2D eigenvalue weighted by Crippen LogP contribution is -2.08. The lowest BCUT2D eigenvalue weighted by Gasteiger charge is -2.17. The smallest absolute Gasteiger partial charge is 0.437 e. The second kappa shape index (κ2) is 7.05. The van der Waals surface area contributed by atoms with Crippen LogP contribution < -0.4 is 4.74 Å². The van der Waals surface area contributed by atoms with Gasteiger partial charge in [-0.2, -0.15) is 0 Å². The van der Waals surface area contributed by atoms with Crippen LogP contribution in [-0.2, 0) is 4.74 Å². The Balaban J connectivity index is 2.18. The van der Waals surface area contributed by atoms with Gasteiger partial charge in [-0.3, -0.25) is 0 Å². The Morgan fingerprint density at radius 1 is 0.926 bits per heavy atom. The van der Waals surface area contributed by atoms with Crippen LogP contribution in [0.25, 0.3) is 32.7 Å². The van der Waals surface area contributed by atoms with Gasteiger partial charge in [0, 0.05) is 15.2 Å². The van der Waals surface area contributed by atoms with E-state index >= 15 is 0 Å². The molecule has 4 rings (SSSR count). The number of hydrogen-bond donors (Lipinski definition) is 0. The molecule has 0 aliphatic heterocycles. The number of hydrogen-bond acceptors (Lipinski definition) is 3. The Kier molecular flexibility index (Phi) is 4.58. The zero-order valence-electron chi connectivity index (χ0n) is 15.0. The lowest BCUT2D eigenvalue weighted by atomic mass is 9.91. The molecule has 0 heterocycles. The number of ether oxygens (including phenoxy) is 2. The van der Waals surface area contributed by atoms with Gasteiger partial charge in [0.2, 0.25) is 0 Å². The van der Waals surface area contributed by atoms with Crippen LogP contribution in [-0.4, -0.2) is 13.3 Å². The van der Waals surface area contributed by atoms with Gasteiger partial charge in [-0.25, -0.2) is 4.79 Å². The molecule has 0 unspecified atom stereocenters. The van der Waals surface area contributed by atoms with Crippen molar-refractivity contribution < 1.29 is 14.3 Å². The van der Waals surface area contributed by atoms with Gasteiger partial charge in [-0.05, 0) is 46.5 Å². The summed E-state index contributed by atoms with van der Waals surface area (Å²) in [7, 11) is 1.32. The Hall–Kier alpha value is -2.85. The van der Waals surface area contributed by atoms with Crippen LogP contribution in [0.4, 0.5) is 4.79 Å². The highest BCUT2D eigenvalue weighted by atomic mass is 79.9. The second-order valence-corrected chi connectivity index (χ2v) is 7.17. The molecule has 0 aromatic heterocycles. The van der Waals surface area contributed by atoms with E-state index in [-0.39, 0.29) is 0 Å². The molecule has 4 heteroatoms. The summed E-state index contributed by atoms with van der Waals surface area (Å²) >= 11 is 3.66. The zero-order chi connectivity index (χ0) is 19.0. The lowest BCUT2D eigenvalue weighted by molar-refractivity contribution is 0.122. The number of carbonyl (C=O) groups excluding carboxylic acids is 1. The van der Waals surface area contributed by atoms with Crippen LogP contribution in [0, 0.1) is 6.92 Å². The first-order valence-electron chi connectivity index (χ1n) is 8.56. The van der Waals surface area contributed by atoms with Gasteiger partial charge in [0.1, 0.15) is 0 Å². The van der Waals surface area contributed by atoms with Gasteiger partial charge in [0.05, 0.1) is 7.11 Å². The molecule has 0 fully saturated rings. The number of methoxy groups -OCH3 is 1. The fourth-order valence-electron chi connectivity index (χ4n) is 3.46. The summed E-state index contributed by atoms with van der Waals surface area (Å²) < 4.78 is 11.4. The predicted octanol–water partition coefficient (Wildman–Crippen LogP) is 6.88. The van der Waals surface area contributed by atoms with Gasteiger partial charge in [0.15, 0.2) is 5.75 Å². The minimum Gasteiger partial charge on any atom is -0.437 e. The van der Waals surface area contributed by atoms with Crippen molar-refractivity contribution in [1.29, 1.82) is 0 Å². The number of aryl methyl sites for hydroxylation is 1. The molecule has 4 aromatic rings. The Labute approximate surface area is 165 Å². The molecule has 0 atom stereocenters. The van der Waals surface area contributed by atoms with E-state index in [0.717, 1.165) is 42.7 Å². The largest absolute Gasteiger partial charge is 0.513 e. The predicted molar refractivity (Wildman–Crippen MR) is 112 cm³/mol. The van der Waals surface area contributed by atoms with Crippen LogP contribution in [0.15, 0.2) is 71.2 Å². The van der Waals surface area contributed by atoms with E-state index in [0.29, 0.717) is 5.75 Å². The SMILES string of the molecule is COC(=O)Oc1c2ccccc2cc2ccc(C)c(-c3ccccc3Br)c12. The molecule has 3 nitrogen and oxygen atoms in total. The van der Waals surface area contributed by atoms with E-state index in [4.69, 9.17) is 9.47 Å². The highest BCUT2D eigenvalue weighted by Gasteiger charge is 2.19. The van der Waals surface area contributed by atoms with Crippen molar-refractivity contribution in [3.05, 3.63) is 76.8 Å². The summed E-state index contributed by atoms with van der Waals surface area (Å²) in [6, 6.07) is 22.2. The number of halogens is 1. The highest BCUT2D eigenvalue weighted by Crippen LogP contribution is 2.44. The first-order valence-corrected chi connectivity index (χ1v) is 9.35. The van der Waals surface area contributed by atoms with E-state index in [9.17, 15) is 4.79 Å². The first kappa shape index (κ1) is 17.6. The molecular formula is C23H17BrO3. The zero-order valence-corrected chi connectivity index (χ0v) is 16.5. The van der Waals surface area contributed by atoms with Gasteiger partial charge in [-0.1, -0.05) is 70.5 Å². The van der Waals surface area contributed by atoms with Gasteiger partial charge in [0.25, 0.3) is 0 Å². The van der Waals surface area contributed by atoms with E-state index in [1.54, 1.807) is 0 Å². The molecule has 0 saturated heterocycles. The molecule has 27 heavy (non-hydrogen) atoms. The summed E-state index contributed by atoms with van der Waals surface area (Å²) in [4.78, 5) is 12.0. The molecule has 4 aromatic carbocycles. The van der Waals surface area contributed by atoms with Crippen LogP contribution in [0.2, 0.25) is 0 Å².